The number of azide groups is 1. The van der Waals surface area contributed by atoms with Crippen LogP contribution in [0.4, 0.5) is 0 Å². The predicted octanol–water partition coefficient (Wildman–Crippen LogP) is 2.12. The second-order valence-corrected chi connectivity index (χ2v) is 2.36. The van der Waals surface area contributed by atoms with Crippen molar-refractivity contribution >= 4 is 5.97 Å². The van der Waals surface area contributed by atoms with Gasteiger partial charge in [0.15, 0.2) is 6.04 Å². The molecule has 0 aromatic heterocycles. The number of carbonyl (C=O) groups is 1. The Kier molecular flexibility index (Phi) is 2.89. The van der Waals surface area contributed by atoms with Gasteiger partial charge in [0.2, 0.25) is 0 Å². The molecule has 0 heterocycles. The van der Waals surface area contributed by atoms with Crippen molar-refractivity contribution in [1.29, 1.82) is 0 Å². The van der Waals surface area contributed by atoms with E-state index in [4.69, 9.17) is 10.6 Å². The van der Waals surface area contributed by atoms with Gasteiger partial charge in [0.1, 0.15) is 0 Å². The smallest absolute Gasteiger partial charge is 0.316 e. The average Bonchev–Trinajstić information content (AvgIpc) is 2.15. The van der Waals surface area contributed by atoms with Crippen LogP contribution in [-0.4, -0.2) is 11.1 Å². The third-order valence-corrected chi connectivity index (χ3v) is 1.52. The van der Waals surface area contributed by atoms with Gasteiger partial charge in [-0.2, -0.15) is 0 Å². The molecular formula is C8H7N3O2. The van der Waals surface area contributed by atoms with E-state index in [2.05, 4.69) is 10.0 Å². The van der Waals surface area contributed by atoms with Crippen molar-refractivity contribution in [3.05, 3.63) is 46.3 Å². The Morgan fingerprint density at radius 3 is 2.54 bits per heavy atom. The molecule has 0 radical (unpaired) electrons. The SMILES string of the molecule is [N-]=[N+]=NC(C(=O)O)c1ccccc1. The van der Waals surface area contributed by atoms with Crippen LogP contribution in [0.15, 0.2) is 35.4 Å². The molecule has 66 valence electrons. The average molecular weight is 177 g/mol. The summed E-state index contributed by atoms with van der Waals surface area (Å²) in [6.07, 6.45) is 0. The fourth-order valence-electron chi connectivity index (χ4n) is 0.946. The second kappa shape index (κ2) is 4.13. The molecule has 0 amide bonds. The minimum Gasteiger partial charge on any atom is -0.481 e. The quantitative estimate of drug-likeness (QED) is 0.435. The number of aliphatic carboxylic acids is 1. The number of hydrogen-bond acceptors (Lipinski definition) is 2. The van der Waals surface area contributed by atoms with Crippen LogP contribution in [0.25, 0.3) is 10.4 Å². The van der Waals surface area contributed by atoms with E-state index >= 15 is 0 Å². The highest BCUT2D eigenvalue weighted by atomic mass is 16.4. The molecule has 0 spiro atoms. The van der Waals surface area contributed by atoms with Gasteiger partial charge in [-0.1, -0.05) is 35.4 Å². The molecule has 1 atom stereocenters. The Labute approximate surface area is 74.3 Å². The van der Waals surface area contributed by atoms with Crippen LogP contribution in [0, 0.1) is 0 Å². The van der Waals surface area contributed by atoms with Crippen molar-refractivity contribution in [3.63, 3.8) is 0 Å². The molecule has 0 fully saturated rings. The molecule has 0 aliphatic rings. The zero-order valence-electron chi connectivity index (χ0n) is 6.66. The molecule has 0 aliphatic carbocycles. The minimum atomic E-state index is -1.15. The highest BCUT2D eigenvalue weighted by molar-refractivity contribution is 5.75. The summed E-state index contributed by atoms with van der Waals surface area (Å²) in [4.78, 5) is 13.1. The van der Waals surface area contributed by atoms with Gasteiger partial charge in [-0.3, -0.25) is 4.79 Å². The Balaban J connectivity index is 3.02. The normalized spacial score (nSPS) is 11.4. The topological polar surface area (TPSA) is 86.1 Å². The number of benzene rings is 1. The molecule has 1 aromatic carbocycles. The summed E-state index contributed by atoms with van der Waals surface area (Å²) in [5.74, 6) is -1.15. The lowest BCUT2D eigenvalue weighted by Crippen LogP contribution is -2.07. The van der Waals surface area contributed by atoms with Crippen molar-refractivity contribution in [3.8, 4) is 0 Å². The summed E-state index contributed by atoms with van der Waals surface area (Å²) >= 11 is 0. The molecule has 5 heteroatoms. The molecule has 1 rings (SSSR count). The highest BCUT2D eigenvalue weighted by Gasteiger charge is 2.16. The maximum Gasteiger partial charge on any atom is 0.316 e. The van der Waals surface area contributed by atoms with Crippen molar-refractivity contribution in [2.45, 2.75) is 6.04 Å². The van der Waals surface area contributed by atoms with Gasteiger partial charge in [0, 0.05) is 4.91 Å². The lowest BCUT2D eigenvalue weighted by Gasteiger charge is -2.04. The van der Waals surface area contributed by atoms with E-state index in [1.807, 2.05) is 0 Å². The molecule has 0 saturated carbocycles. The van der Waals surface area contributed by atoms with Crippen LogP contribution in [0.5, 0.6) is 0 Å². The first-order valence-electron chi connectivity index (χ1n) is 3.57. The molecule has 1 unspecified atom stereocenters. The predicted molar refractivity (Wildman–Crippen MR) is 46.0 cm³/mol. The van der Waals surface area contributed by atoms with Gasteiger partial charge in [0.25, 0.3) is 0 Å². The summed E-state index contributed by atoms with van der Waals surface area (Å²) in [6.45, 7) is 0. The number of rotatable bonds is 3. The third kappa shape index (κ3) is 2.21. The van der Waals surface area contributed by atoms with Gasteiger partial charge in [-0.15, -0.1) is 0 Å². The van der Waals surface area contributed by atoms with Crippen molar-refractivity contribution in [2.24, 2.45) is 5.11 Å². The lowest BCUT2D eigenvalue weighted by atomic mass is 10.1. The molecule has 13 heavy (non-hydrogen) atoms. The molecule has 1 N–H and O–H groups in total. The monoisotopic (exact) mass is 177 g/mol. The molecular weight excluding hydrogens is 170 g/mol. The van der Waals surface area contributed by atoms with E-state index in [0.29, 0.717) is 5.56 Å². The molecule has 0 bridgehead atoms. The highest BCUT2D eigenvalue weighted by Crippen LogP contribution is 2.16. The summed E-state index contributed by atoms with van der Waals surface area (Å²) in [6, 6.07) is 7.22. The van der Waals surface area contributed by atoms with Gasteiger partial charge < -0.3 is 5.11 Å². The Bertz CT molecular complexity index is 342. The fraction of sp³-hybridized carbons (Fsp3) is 0.125. The molecule has 0 saturated heterocycles. The van der Waals surface area contributed by atoms with Crippen LogP contribution in [0.2, 0.25) is 0 Å². The Morgan fingerprint density at radius 2 is 2.08 bits per heavy atom. The molecule has 1 aromatic rings. The summed E-state index contributed by atoms with van der Waals surface area (Å²) < 4.78 is 0. The third-order valence-electron chi connectivity index (χ3n) is 1.52. The maximum absolute atomic E-state index is 10.6. The maximum atomic E-state index is 10.6. The summed E-state index contributed by atoms with van der Waals surface area (Å²) in [7, 11) is 0. The number of nitrogens with zero attached hydrogens (tertiary/aromatic N) is 3. The van der Waals surface area contributed by atoms with Crippen LogP contribution < -0.4 is 0 Å². The Morgan fingerprint density at radius 1 is 1.46 bits per heavy atom. The minimum absolute atomic E-state index is 0.479. The standard InChI is InChI=1S/C8H7N3O2/c9-11-10-7(8(12)13)6-4-2-1-3-5-6/h1-5,7H,(H,12,13). The van der Waals surface area contributed by atoms with Crippen molar-refractivity contribution < 1.29 is 9.90 Å². The van der Waals surface area contributed by atoms with E-state index in [0.717, 1.165) is 0 Å². The van der Waals surface area contributed by atoms with Crippen LogP contribution in [0.3, 0.4) is 0 Å². The largest absolute Gasteiger partial charge is 0.481 e. The zero-order chi connectivity index (χ0) is 9.68. The molecule has 5 nitrogen and oxygen atoms in total. The van der Waals surface area contributed by atoms with Gasteiger partial charge in [-0.05, 0) is 11.1 Å². The van der Waals surface area contributed by atoms with E-state index in [-0.39, 0.29) is 0 Å². The van der Waals surface area contributed by atoms with Crippen molar-refractivity contribution in [1.82, 2.24) is 0 Å². The second-order valence-electron chi connectivity index (χ2n) is 2.36. The molecule has 0 aliphatic heterocycles. The van der Waals surface area contributed by atoms with Crippen LogP contribution >= 0.6 is 0 Å². The fourth-order valence-corrected chi connectivity index (χ4v) is 0.946. The van der Waals surface area contributed by atoms with E-state index in [1.54, 1.807) is 30.3 Å². The zero-order valence-corrected chi connectivity index (χ0v) is 6.66. The number of carboxylic acid groups (broad SMARTS) is 1. The van der Waals surface area contributed by atoms with Crippen LogP contribution in [0.1, 0.15) is 11.6 Å². The van der Waals surface area contributed by atoms with E-state index < -0.39 is 12.0 Å². The summed E-state index contributed by atoms with van der Waals surface area (Å²) in [5, 5.41) is 11.9. The van der Waals surface area contributed by atoms with Crippen molar-refractivity contribution in [2.75, 3.05) is 0 Å². The first-order chi connectivity index (χ1) is 6.25. The first-order valence-corrected chi connectivity index (χ1v) is 3.57. The van der Waals surface area contributed by atoms with Gasteiger partial charge in [0.05, 0.1) is 0 Å². The lowest BCUT2D eigenvalue weighted by molar-refractivity contribution is -0.138. The van der Waals surface area contributed by atoms with Gasteiger partial charge in [-0.25, -0.2) is 0 Å². The number of carboxylic acids is 1. The van der Waals surface area contributed by atoms with Crippen LogP contribution in [-0.2, 0) is 4.79 Å². The summed E-state index contributed by atoms with van der Waals surface area (Å²) in [5.41, 5.74) is 8.62. The van der Waals surface area contributed by atoms with Gasteiger partial charge >= 0.3 is 5.97 Å². The van der Waals surface area contributed by atoms with E-state index in [1.165, 1.54) is 0 Å². The Hall–Kier alpha value is -2.00. The first kappa shape index (κ1) is 9.09. The number of hydrogen-bond donors (Lipinski definition) is 1. The van der Waals surface area contributed by atoms with E-state index in [9.17, 15) is 4.79 Å².